The smallest absolute Gasteiger partial charge is 0.225 e. The molecule has 0 radical (unpaired) electrons. The Morgan fingerprint density at radius 1 is 1.26 bits per heavy atom. The first kappa shape index (κ1) is 18.9. The molecule has 3 aromatic rings. The first-order valence-electron chi connectivity index (χ1n) is 8.41. The summed E-state index contributed by atoms with van der Waals surface area (Å²) in [6.07, 6.45) is 0.628. The Morgan fingerprint density at radius 3 is 2.78 bits per heavy atom. The maximum atomic E-state index is 13.7. The summed E-state index contributed by atoms with van der Waals surface area (Å²) >= 11 is 6.04. The second-order valence-electron chi connectivity index (χ2n) is 6.08. The molecular formula is C20H19ClFN3O2. The SMILES string of the molecule is COc1ccc(CCC(=O)Nc2cc(C)nn2-c2cccc(Cl)c2)cc1F. The zero-order chi connectivity index (χ0) is 19.4. The molecule has 0 fully saturated rings. The molecule has 2 aromatic carbocycles. The van der Waals surface area contributed by atoms with E-state index >= 15 is 0 Å². The number of rotatable bonds is 6. The number of aryl methyl sites for hydroxylation is 2. The molecule has 0 aliphatic rings. The summed E-state index contributed by atoms with van der Waals surface area (Å²) < 4.78 is 20.3. The molecule has 1 N–H and O–H groups in total. The molecule has 1 aromatic heterocycles. The van der Waals surface area contributed by atoms with Crippen molar-refractivity contribution >= 4 is 23.3 Å². The fourth-order valence-electron chi connectivity index (χ4n) is 2.72. The van der Waals surface area contributed by atoms with Crippen molar-refractivity contribution in [1.82, 2.24) is 9.78 Å². The number of carbonyl (C=O) groups excluding carboxylic acids is 1. The zero-order valence-corrected chi connectivity index (χ0v) is 15.8. The van der Waals surface area contributed by atoms with Gasteiger partial charge < -0.3 is 10.1 Å². The zero-order valence-electron chi connectivity index (χ0n) is 15.0. The van der Waals surface area contributed by atoms with Crippen LogP contribution in [0.4, 0.5) is 10.2 Å². The Kier molecular flexibility index (Phi) is 5.76. The highest BCUT2D eigenvalue weighted by Gasteiger charge is 2.12. The molecule has 140 valence electrons. The number of nitrogens with zero attached hydrogens (tertiary/aromatic N) is 2. The van der Waals surface area contributed by atoms with E-state index < -0.39 is 5.82 Å². The van der Waals surface area contributed by atoms with Crippen LogP contribution in [0.15, 0.2) is 48.5 Å². The summed E-state index contributed by atoms with van der Waals surface area (Å²) in [5.74, 6) is 0.115. The van der Waals surface area contributed by atoms with Crippen LogP contribution in [0, 0.1) is 12.7 Å². The summed E-state index contributed by atoms with van der Waals surface area (Å²) in [5.41, 5.74) is 2.24. The lowest BCUT2D eigenvalue weighted by atomic mass is 10.1. The first-order chi connectivity index (χ1) is 13.0. The Morgan fingerprint density at radius 2 is 2.07 bits per heavy atom. The lowest BCUT2D eigenvalue weighted by Crippen LogP contribution is -2.15. The number of benzene rings is 2. The van der Waals surface area contributed by atoms with E-state index in [-0.39, 0.29) is 18.1 Å². The molecule has 1 heterocycles. The molecule has 0 atom stereocenters. The summed E-state index contributed by atoms with van der Waals surface area (Å²) in [6.45, 7) is 1.84. The van der Waals surface area contributed by atoms with E-state index in [0.717, 1.165) is 16.9 Å². The molecule has 0 aliphatic carbocycles. The topological polar surface area (TPSA) is 56.1 Å². The maximum Gasteiger partial charge on any atom is 0.225 e. The van der Waals surface area contributed by atoms with Crippen LogP contribution in [0.2, 0.25) is 5.02 Å². The molecule has 0 bridgehead atoms. The number of methoxy groups -OCH3 is 1. The fourth-order valence-corrected chi connectivity index (χ4v) is 2.91. The molecule has 0 unspecified atom stereocenters. The average molecular weight is 388 g/mol. The summed E-state index contributed by atoms with van der Waals surface area (Å²) in [5, 5.41) is 7.84. The highest BCUT2D eigenvalue weighted by Crippen LogP contribution is 2.21. The minimum Gasteiger partial charge on any atom is -0.494 e. The molecule has 3 rings (SSSR count). The monoisotopic (exact) mass is 387 g/mol. The fraction of sp³-hybridized carbons (Fsp3) is 0.200. The van der Waals surface area contributed by atoms with Gasteiger partial charge in [0.1, 0.15) is 5.82 Å². The van der Waals surface area contributed by atoms with Gasteiger partial charge in [0.05, 0.1) is 18.5 Å². The van der Waals surface area contributed by atoms with Crippen molar-refractivity contribution in [3.8, 4) is 11.4 Å². The maximum absolute atomic E-state index is 13.7. The largest absolute Gasteiger partial charge is 0.494 e. The van der Waals surface area contributed by atoms with Crippen LogP contribution >= 0.6 is 11.6 Å². The summed E-state index contributed by atoms with van der Waals surface area (Å²) in [4.78, 5) is 12.4. The molecule has 7 heteroatoms. The number of halogens is 2. The molecule has 5 nitrogen and oxygen atoms in total. The molecule has 0 spiro atoms. The van der Waals surface area contributed by atoms with Gasteiger partial charge in [0.25, 0.3) is 0 Å². The normalized spacial score (nSPS) is 10.7. The quantitative estimate of drug-likeness (QED) is 0.674. The van der Waals surface area contributed by atoms with E-state index in [2.05, 4.69) is 10.4 Å². The van der Waals surface area contributed by atoms with E-state index in [1.165, 1.54) is 13.2 Å². The van der Waals surface area contributed by atoms with Gasteiger partial charge >= 0.3 is 0 Å². The van der Waals surface area contributed by atoms with Crippen molar-refractivity contribution in [2.45, 2.75) is 19.8 Å². The van der Waals surface area contributed by atoms with Crippen LogP contribution in [0.1, 0.15) is 17.7 Å². The number of nitrogens with one attached hydrogen (secondary N) is 1. The first-order valence-corrected chi connectivity index (χ1v) is 8.79. The minimum absolute atomic E-state index is 0.184. The highest BCUT2D eigenvalue weighted by atomic mass is 35.5. The molecule has 1 amide bonds. The van der Waals surface area contributed by atoms with Crippen molar-refractivity contribution in [1.29, 1.82) is 0 Å². The Bertz CT molecular complexity index is 972. The lowest BCUT2D eigenvalue weighted by Gasteiger charge is -2.10. The van der Waals surface area contributed by atoms with E-state index in [0.29, 0.717) is 17.3 Å². The van der Waals surface area contributed by atoms with E-state index in [1.54, 1.807) is 35.0 Å². The van der Waals surface area contributed by atoms with Crippen LogP contribution in [-0.2, 0) is 11.2 Å². The Labute approximate surface area is 161 Å². The van der Waals surface area contributed by atoms with Gasteiger partial charge in [0.2, 0.25) is 5.91 Å². The van der Waals surface area contributed by atoms with Crippen molar-refractivity contribution < 1.29 is 13.9 Å². The predicted octanol–water partition coefficient (Wildman–Crippen LogP) is 4.55. The summed E-state index contributed by atoms with van der Waals surface area (Å²) in [6, 6.07) is 13.7. The molecular weight excluding hydrogens is 369 g/mol. The number of hydrogen-bond acceptors (Lipinski definition) is 3. The average Bonchev–Trinajstić information content (AvgIpc) is 3.00. The number of amides is 1. The van der Waals surface area contributed by atoms with Gasteiger partial charge in [-0.25, -0.2) is 9.07 Å². The predicted molar refractivity (Wildman–Crippen MR) is 103 cm³/mol. The minimum atomic E-state index is -0.440. The number of hydrogen-bond donors (Lipinski definition) is 1. The molecule has 27 heavy (non-hydrogen) atoms. The van der Waals surface area contributed by atoms with Gasteiger partial charge in [-0.1, -0.05) is 23.7 Å². The molecule has 0 saturated carbocycles. The van der Waals surface area contributed by atoms with E-state index in [9.17, 15) is 9.18 Å². The number of anilines is 1. The van der Waals surface area contributed by atoms with Crippen molar-refractivity contribution in [2.75, 3.05) is 12.4 Å². The van der Waals surface area contributed by atoms with E-state index in [4.69, 9.17) is 16.3 Å². The van der Waals surface area contributed by atoms with Crippen LogP contribution in [-0.4, -0.2) is 22.8 Å². The van der Waals surface area contributed by atoms with E-state index in [1.807, 2.05) is 19.1 Å². The van der Waals surface area contributed by atoms with Crippen LogP contribution in [0.5, 0.6) is 5.75 Å². The third-order valence-corrected chi connectivity index (χ3v) is 4.24. The van der Waals surface area contributed by atoms with Crippen molar-refractivity contribution in [3.63, 3.8) is 0 Å². The van der Waals surface area contributed by atoms with Crippen LogP contribution in [0.3, 0.4) is 0 Å². The molecule has 0 aliphatic heterocycles. The van der Waals surface area contributed by atoms with Gasteiger partial charge in [-0.2, -0.15) is 5.10 Å². The Hall–Kier alpha value is -2.86. The Balaban J connectivity index is 1.69. The van der Waals surface area contributed by atoms with Crippen LogP contribution in [0.25, 0.3) is 5.69 Å². The second-order valence-corrected chi connectivity index (χ2v) is 6.52. The van der Waals surface area contributed by atoms with Gasteiger partial charge in [0, 0.05) is 17.5 Å². The van der Waals surface area contributed by atoms with Crippen LogP contribution < -0.4 is 10.1 Å². The van der Waals surface area contributed by atoms with Crippen molar-refractivity contribution in [3.05, 3.63) is 70.6 Å². The number of aromatic nitrogens is 2. The highest BCUT2D eigenvalue weighted by molar-refractivity contribution is 6.30. The third kappa shape index (κ3) is 4.65. The second kappa shape index (κ2) is 8.22. The summed E-state index contributed by atoms with van der Waals surface area (Å²) in [7, 11) is 1.41. The van der Waals surface area contributed by atoms with Crippen molar-refractivity contribution in [2.24, 2.45) is 0 Å². The van der Waals surface area contributed by atoms with Gasteiger partial charge in [-0.15, -0.1) is 0 Å². The molecule has 0 saturated heterocycles. The lowest BCUT2D eigenvalue weighted by molar-refractivity contribution is -0.116. The van der Waals surface area contributed by atoms with Gasteiger partial charge in [-0.05, 0) is 49.2 Å². The standard InChI is InChI=1S/C20H19ClFN3O2/c1-13-10-19(25(24-13)16-5-3-4-15(21)12-16)23-20(26)9-7-14-6-8-18(27-2)17(22)11-14/h3-6,8,10-12H,7,9H2,1-2H3,(H,23,26). The van der Waals surface area contributed by atoms with Gasteiger partial charge in [-0.3, -0.25) is 4.79 Å². The third-order valence-electron chi connectivity index (χ3n) is 4.01. The van der Waals surface area contributed by atoms with Gasteiger partial charge in [0.15, 0.2) is 11.6 Å². The number of carbonyl (C=O) groups is 1. The number of ether oxygens (including phenoxy) is 1.